The van der Waals surface area contributed by atoms with E-state index in [4.69, 9.17) is 9.84 Å². The van der Waals surface area contributed by atoms with Crippen LogP contribution in [0.4, 0.5) is 0 Å². The van der Waals surface area contributed by atoms with Crippen LogP contribution in [0.1, 0.15) is 25.7 Å². The molecule has 2 aliphatic rings. The number of ether oxygens (including phenoxy) is 1. The molecule has 1 saturated carbocycles. The van der Waals surface area contributed by atoms with E-state index in [0.717, 1.165) is 6.42 Å². The third-order valence-corrected chi connectivity index (χ3v) is 2.43. The maximum Gasteiger partial charge on any atom is 0.155 e. The molecule has 2 nitrogen and oxygen atoms in total. The predicted octanol–water partition coefficient (Wildman–Crippen LogP) is 0.894. The summed E-state index contributed by atoms with van der Waals surface area (Å²) in [5.74, 6) is 0.681. The molecule has 1 saturated heterocycles. The molecule has 0 aromatic heterocycles. The van der Waals surface area contributed by atoms with Crippen LogP contribution in [0.2, 0.25) is 0 Å². The van der Waals surface area contributed by atoms with E-state index in [1.165, 1.54) is 19.3 Å². The Morgan fingerprint density at radius 3 is 3.00 bits per heavy atom. The molecule has 3 unspecified atom stereocenters. The number of fused-ring (bicyclic) bond motifs is 1. The van der Waals surface area contributed by atoms with E-state index < -0.39 is 6.29 Å². The first-order valence-electron chi connectivity index (χ1n) is 3.70. The van der Waals surface area contributed by atoms with Gasteiger partial charge in [0.25, 0.3) is 0 Å². The first-order valence-corrected chi connectivity index (χ1v) is 3.70. The van der Waals surface area contributed by atoms with Crippen LogP contribution in [0.25, 0.3) is 0 Å². The zero-order valence-corrected chi connectivity index (χ0v) is 5.42. The Hall–Kier alpha value is -0.0800. The third-order valence-electron chi connectivity index (χ3n) is 2.43. The Labute approximate surface area is 54.8 Å². The number of hydrogen-bond acceptors (Lipinski definition) is 2. The van der Waals surface area contributed by atoms with Crippen LogP contribution in [0.15, 0.2) is 0 Å². The molecule has 3 atom stereocenters. The lowest BCUT2D eigenvalue weighted by Crippen LogP contribution is -2.08. The molecule has 52 valence electrons. The summed E-state index contributed by atoms with van der Waals surface area (Å²) in [5.41, 5.74) is 0. The molecule has 0 aromatic carbocycles. The molecule has 0 amide bonds. The van der Waals surface area contributed by atoms with Crippen molar-refractivity contribution >= 4 is 0 Å². The van der Waals surface area contributed by atoms with E-state index in [0.29, 0.717) is 12.0 Å². The fourth-order valence-electron chi connectivity index (χ4n) is 1.97. The molecule has 2 rings (SSSR count). The second kappa shape index (κ2) is 1.96. The van der Waals surface area contributed by atoms with E-state index >= 15 is 0 Å². The molecule has 1 aliphatic carbocycles. The van der Waals surface area contributed by atoms with E-state index in [9.17, 15) is 0 Å². The van der Waals surface area contributed by atoms with Crippen molar-refractivity contribution in [2.24, 2.45) is 5.92 Å². The van der Waals surface area contributed by atoms with Crippen molar-refractivity contribution in [1.29, 1.82) is 0 Å². The molecule has 0 spiro atoms. The number of hydrogen-bond donors (Lipinski definition) is 1. The highest BCUT2D eigenvalue weighted by Crippen LogP contribution is 2.37. The smallest absolute Gasteiger partial charge is 0.155 e. The van der Waals surface area contributed by atoms with Gasteiger partial charge in [-0.3, -0.25) is 0 Å². The Morgan fingerprint density at radius 1 is 1.33 bits per heavy atom. The molecular formula is C7H12O2. The molecule has 1 heterocycles. The normalized spacial score (nSPS) is 49.7. The quantitative estimate of drug-likeness (QED) is 0.525. The molecule has 0 aromatic rings. The third kappa shape index (κ3) is 0.864. The maximum atomic E-state index is 9.01. The van der Waals surface area contributed by atoms with Crippen molar-refractivity contribution in [2.45, 2.75) is 38.1 Å². The summed E-state index contributed by atoms with van der Waals surface area (Å²) >= 11 is 0. The molecule has 2 fully saturated rings. The zero-order chi connectivity index (χ0) is 6.27. The van der Waals surface area contributed by atoms with Crippen molar-refractivity contribution in [3.05, 3.63) is 0 Å². The molecule has 2 heteroatoms. The highest BCUT2D eigenvalue weighted by Gasteiger charge is 2.37. The number of rotatable bonds is 0. The van der Waals surface area contributed by atoms with Gasteiger partial charge in [-0.25, -0.2) is 0 Å². The van der Waals surface area contributed by atoms with E-state index in [-0.39, 0.29) is 0 Å². The van der Waals surface area contributed by atoms with Crippen molar-refractivity contribution in [3.63, 3.8) is 0 Å². The van der Waals surface area contributed by atoms with Crippen LogP contribution in [-0.4, -0.2) is 17.5 Å². The number of aliphatic hydroxyl groups is 1. The second-order valence-corrected chi connectivity index (χ2v) is 3.06. The standard InChI is InChI=1S/C7H12O2/c8-7-4-5-2-1-3-6(5)9-7/h5-8H,1-4H2. The van der Waals surface area contributed by atoms with Gasteiger partial charge in [-0.2, -0.15) is 0 Å². The van der Waals surface area contributed by atoms with Gasteiger partial charge < -0.3 is 9.84 Å². The summed E-state index contributed by atoms with van der Waals surface area (Å²) < 4.78 is 5.24. The Bertz CT molecular complexity index is 101. The summed E-state index contributed by atoms with van der Waals surface area (Å²) in [5, 5.41) is 9.01. The molecule has 0 radical (unpaired) electrons. The Kier molecular flexibility index (Phi) is 1.24. The van der Waals surface area contributed by atoms with Crippen LogP contribution in [0, 0.1) is 5.92 Å². The van der Waals surface area contributed by atoms with Crippen molar-refractivity contribution in [3.8, 4) is 0 Å². The first-order chi connectivity index (χ1) is 4.36. The van der Waals surface area contributed by atoms with Gasteiger partial charge in [0.05, 0.1) is 6.10 Å². The SMILES string of the molecule is OC1CC2CCCC2O1. The zero-order valence-electron chi connectivity index (χ0n) is 5.42. The second-order valence-electron chi connectivity index (χ2n) is 3.06. The van der Waals surface area contributed by atoms with Crippen LogP contribution < -0.4 is 0 Å². The lowest BCUT2D eigenvalue weighted by atomic mass is 10.1. The monoisotopic (exact) mass is 128 g/mol. The minimum Gasteiger partial charge on any atom is -0.368 e. The predicted molar refractivity (Wildman–Crippen MR) is 32.8 cm³/mol. The van der Waals surface area contributed by atoms with Crippen LogP contribution in [0.3, 0.4) is 0 Å². The maximum absolute atomic E-state index is 9.01. The van der Waals surface area contributed by atoms with Gasteiger partial charge in [0.1, 0.15) is 0 Å². The van der Waals surface area contributed by atoms with Gasteiger partial charge in [-0.1, -0.05) is 6.42 Å². The van der Waals surface area contributed by atoms with Gasteiger partial charge in [0, 0.05) is 6.42 Å². The van der Waals surface area contributed by atoms with Crippen LogP contribution >= 0.6 is 0 Å². The van der Waals surface area contributed by atoms with E-state index in [2.05, 4.69) is 0 Å². The van der Waals surface area contributed by atoms with Crippen LogP contribution in [-0.2, 0) is 4.74 Å². The summed E-state index contributed by atoms with van der Waals surface area (Å²) in [7, 11) is 0. The lowest BCUT2D eigenvalue weighted by Gasteiger charge is -2.05. The molecular weight excluding hydrogens is 116 g/mol. The van der Waals surface area contributed by atoms with Gasteiger partial charge in [0.15, 0.2) is 6.29 Å². The highest BCUT2D eigenvalue weighted by molar-refractivity contribution is 4.83. The molecule has 1 N–H and O–H groups in total. The van der Waals surface area contributed by atoms with Gasteiger partial charge in [0.2, 0.25) is 0 Å². The summed E-state index contributed by atoms with van der Waals surface area (Å²) in [4.78, 5) is 0. The van der Waals surface area contributed by atoms with Gasteiger partial charge >= 0.3 is 0 Å². The van der Waals surface area contributed by atoms with Gasteiger partial charge in [-0.05, 0) is 18.8 Å². The van der Waals surface area contributed by atoms with Crippen LogP contribution in [0.5, 0.6) is 0 Å². The number of aliphatic hydroxyl groups excluding tert-OH is 1. The average Bonchev–Trinajstić information content (AvgIpc) is 2.22. The first kappa shape index (κ1) is 5.69. The highest BCUT2D eigenvalue weighted by atomic mass is 16.6. The van der Waals surface area contributed by atoms with Crippen molar-refractivity contribution < 1.29 is 9.84 Å². The fourth-order valence-corrected chi connectivity index (χ4v) is 1.97. The van der Waals surface area contributed by atoms with Crippen molar-refractivity contribution in [2.75, 3.05) is 0 Å². The summed E-state index contributed by atoms with van der Waals surface area (Å²) in [6, 6.07) is 0. The largest absolute Gasteiger partial charge is 0.368 e. The molecule has 1 aliphatic heterocycles. The topological polar surface area (TPSA) is 29.5 Å². The molecule has 9 heavy (non-hydrogen) atoms. The van der Waals surface area contributed by atoms with E-state index in [1.807, 2.05) is 0 Å². The Balaban J connectivity index is 2.02. The minimum absolute atomic E-state index is 0.403. The summed E-state index contributed by atoms with van der Waals surface area (Å²) in [6.45, 7) is 0. The van der Waals surface area contributed by atoms with E-state index in [1.54, 1.807) is 0 Å². The average molecular weight is 128 g/mol. The van der Waals surface area contributed by atoms with Crippen molar-refractivity contribution in [1.82, 2.24) is 0 Å². The lowest BCUT2D eigenvalue weighted by molar-refractivity contribution is -0.0906. The van der Waals surface area contributed by atoms with Gasteiger partial charge in [-0.15, -0.1) is 0 Å². The summed E-state index contributed by atoms with van der Waals surface area (Å²) in [6.07, 6.45) is 4.57. The fraction of sp³-hybridized carbons (Fsp3) is 1.00. The Morgan fingerprint density at radius 2 is 2.22 bits per heavy atom. The molecule has 0 bridgehead atoms. The minimum atomic E-state index is -0.444.